The van der Waals surface area contributed by atoms with Crippen molar-refractivity contribution in [2.24, 2.45) is 5.92 Å². The molecule has 0 bridgehead atoms. The van der Waals surface area contributed by atoms with Gasteiger partial charge in [0.25, 0.3) is 0 Å². The highest BCUT2D eigenvalue weighted by molar-refractivity contribution is 7.89. The van der Waals surface area contributed by atoms with E-state index in [4.69, 9.17) is 9.47 Å². The Balaban J connectivity index is 1.48. The third kappa shape index (κ3) is 6.23. The van der Waals surface area contributed by atoms with Gasteiger partial charge in [-0.25, -0.2) is 8.42 Å². The molecule has 0 spiro atoms. The lowest BCUT2D eigenvalue weighted by Crippen LogP contribution is -2.45. The molecular weight excluding hydrogens is 428 g/mol. The summed E-state index contributed by atoms with van der Waals surface area (Å²) in [4.78, 5) is 12.8. The predicted molar refractivity (Wildman–Crippen MR) is 123 cm³/mol. The van der Waals surface area contributed by atoms with Crippen LogP contribution < -0.4 is 14.8 Å². The van der Waals surface area contributed by atoms with Gasteiger partial charge in [0.15, 0.2) is 0 Å². The van der Waals surface area contributed by atoms with Crippen molar-refractivity contribution in [3.05, 3.63) is 54.1 Å². The first-order chi connectivity index (χ1) is 15.4. The van der Waals surface area contributed by atoms with Crippen molar-refractivity contribution >= 4 is 15.9 Å². The number of methoxy groups -OCH3 is 1. The van der Waals surface area contributed by atoms with E-state index in [1.165, 1.54) is 29.1 Å². The SMILES string of the molecule is CCCc1ccc(OCCNC(=O)[C@@H]2CCCN(S(=O)(=O)c3ccc(OC)cc3)C2)cc1. The Bertz CT molecular complexity index is 974. The number of sulfonamides is 1. The maximum absolute atomic E-state index is 13.0. The van der Waals surface area contributed by atoms with Gasteiger partial charge in [0.2, 0.25) is 15.9 Å². The number of nitrogens with zero attached hydrogens (tertiary/aromatic N) is 1. The highest BCUT2D eigenvalue weighted by Crippen LogP contribution is 2.25. The Labute approximate surface area is 190 Å². The maximum Gasteiger partial charge on any atom is 0.243 e. The van der Waals surface area contributed by atoms with E-state index in [9.17, 15) is 13.2 Å². The van der Waals surface area contributed by atoms with Crippen LogP contribution in [0.15, 0.2) is 53.4 Å². The van der Waals surface area contributed by atoms with E-state index in [0.29, 0.717) is 38.3 Å². The zero-order chi connectivity index (χ0) is 23.0. The summed E-state index contributed by atoms with van der Waals surface area (Å²) < 4.78 is 38.1. The molecule has 1 aliphatic heterocycles. The van der Waals surface area contributed by atoms with Gasteiger partial charge in [-0.2, -0.15) is 4.31 Å². The molecule has 2 aromatic rings. The molecule has 1 N–H and O–H groups in total. The molecule has 0 aliphatic carbocycles. The number of benzene rings is 2. The van der Waals surface area contributed by atoms with E-state index < -0.39 is 10.0 Å². The maximum atomic E-state index is 13.0. The number of aryl methyl sites for hydroxylation is 1. The lowest BCUT2D eigenvalue weighted by molar-refractivity contribution is -0.126. The summed E-state index contributed by atoms with van der Waals surface area (Å²) >= 11 is 0. The molecule has 3 rings (SSSR count). The standard InChI is InChI=1S/C24H32N2O5S/c1-3-5-19-7-9-22(10-8-19)31-17-15-25-24(27)20-6-4-16-26(18-20)32(28,29)23-13-11-21(30-2)12-14-23/h7-14,20H,3-6,15-18H2,1-2H3,(H,25,27)/t20-/m1/s1. The first kappa shape index (κ1) is 24.1. The van der Waals surface area contributed by atoms with Crippen LogP contribution in [0.5, 0.6) is 11.5 Å². The molecule has 1 saturated heterocycles. The van der Waals surface area contributed by atoms with Gasteiger partial charge in [-0.3, -0.25) is 4.79 Å². The molecule has 1 atom stereocenters. The van der Waals surface area contributed by atoms with Crippen molar-refractivity contribution in [2.45, 2.75) is 37.5 Å². The van der Waals surface area contributed by atoms with Crippen LogP contribution in [0, 0.1) is 5.92 Å². The molecule has 1 heterocycles. The van der Waals surface area contributed by atoms with Gasteiger partial charge in [0.1, 0.15) is 18.1 Å². The normalized spacial score (nSPS) is 17.0. The van der Waals surface area contributed by atoms with Crippen molar-refractivity contribution in [3.8, 4) is 11.5 Å². The summed E-state index contributed by atoms with van der Waals surface area (Å²) in [6.45, 7) is 3.47. The molecule has 1 fully saturated rings. The van der Waals surface area contributed by atoms with Crippen molar-refractivity contribution < 1.29 is 22.7 Å². The van der Waals surface area contributed by atoms with Gasteiger partial charge >= 0.3 is 0 Å². The fourth-order valence-electron chi connectivity index (χ4n) is 3.80. The van der Waals surface area contributed by atoms with E-state index in [2.05, 4.69) is 24.4 Å². The van der Waals surface area contributed by atoms with Gasteiger partial charge in [0.05, 0.1) is 24.5 Å². The fraction of sp³-hybridized carbons (Fsp3) is 0.458. The highest BCUT2D eigenvalue weighted by Gasteiger charge is 2.33. The molecule has 0 aromatic heterocycles. The number of piperidine rings is 1. The number of carbonyl (C=O) groups is 1. The van der Waals surface area contributed by atoms with Gasteiger partial charge in [0, 0.05) is 13.1 Å². The number of rotatable bonds is 10. The van der Waals surface area contributed by atoms with Crippen LogP contribution in [-0.2, 0) is 21.2 Å². The Morgan fingerprint density at radius 2 is 1.78 bits per heavy atom. The summed E-state index contributed by atoms with van der Waals surface area (Å²) in [6.07, 6.45) is 3.46. The van der Waals surface area contributed by atoms with Crippen LogP contribution in [0.3, 0.4) is 0 Å². The van der Waals surface area contributed by atoms with E-state index in [1.54, 1.807) is 12.1 Å². The Morgan fingerprint density at radius 3 is 2.44 bits per heavy atom. The van der Waals surface area contributed by atoms with Crippen molar-refractivity contribution in [2.75, 3.05) is 33.4 Å². The number of amides is 1. The van der Waals surface area contributed by atoms with Crippen molar-refractivity contribution in [3.63, 3.8) is 0 Å². The smallest absolute Gasteiger partial charge is 0.243 e. The number of hydrogen-bond donors (Lipinski definition) is 1. The van der Waals surface area contributed by atoms with E-state index >= 15 is 0 Å². The molecule has 1 amide bonds. The largest absolute Gasteiger partial charge is 0.497 e. The van der Waals surface area contributed by atoms with Gasteiger partial charge in [-0.15, -0.1) is 0 Å². The first-order valence-electron chi connectivity index (χ1n) is 11.1. The Hall–Kier alpha value is -2.58. The van der Waals surface area contributed by atoms with Crippen LogP contribution >= 0.6 is 0 Å². The molecular formula is C24H32N2O5S. The second-order valence-corrected chi connectivity index (χ2v) is 9.85. The van der Waals surface area contributed by atoms with Crippen LogP contribution in [0.4, 0.5) is 0 Å². The number of carbonyl (C=O) groups excluding carboxylic acids is 1. The third-order valence-corrected chi connectivity index (χ3v) is 7.46. The molecule has 7 nitrogen and oxygen atoms in total. The predicted octanol–water partition coefficient (Wildman–Crippen LogP) is 3.24. The van der Waals surface area contributed by atoms with E-state index in [-0.39, 0.29) is 23.3 Å². The molecule has 174 valence electrons. The molecule has 1 aliphatic rings. The quantitative estimate of drug-likeness (QED) is 0.550. The topological polar surface area (TPSA) is 84.9 Å². The third-order valence-electron chi connectivity index (χ3n) is 5.58. The molecule has 8 heteroatoms. The van der Waals surface area contributed by atoms with Crippen molar-refractivity contribution in [1.82, 2.24) is 9.62 Å². The van der Waals surface area contributed by atoms with E-state index in [1.807, 2.05) is 12.1 Å². The summed E-state index contributed by atoms with van der Waals surface area (Å²) in [5, 5.41) is 2.88. The Kier molecular flexibility index (Phi) is 8.53. The van der Waals surface area contributed by atoms with Crippen LogP contribution in [0.25, 0.3) is 0 Å². The van der Waals surface area contributed by atoms with Crippen LogP contribution in [0.2, 0.25) is 0 Å². The number of nitrogens with one attached hydrogen (secondary N) is 1. The fourth-order valence-corrected chi connectivity index (χ4v) is 5.32. The Morgan fingerprint density at radius 1 is 1.09 bits per heavy atom. The molecule has 2 aromatic carbocycles. The average Bonchev–Trinajstić information content (AvgIpc) is 2.83. The molecule has 0 saturated carbocycles. The minimum Gasteiger partial charge on any atom is -0.497 e. The second-order valence-electron chi connectivity index (χ2n) is 7.91. The summed E-state index contributed by atoms with van der Waals surface area (Å²) in [5.74, 6) is 0.860. The lowest BCUT2D eigenvalue weighted by atomic mass is 9.99. The van der Waals surface area contributed by atoms with Crippen molar-refractivity contribution in [1.29, 1.82) is 0 Å². The molecule has 0 unspecified atom stereocenters. The minimum absolute atomic E-state index is 0.137. The zero-order valence-electron chi connectivity index (χ0n) is 18.7. The number of ether oxygens (including phenoxy) is 2. The second kappa shape index (κ2) is 11.3. The number of hydrogen-bond acceptors (Lipinski definition) is 5. The summed E-state index contributed by atoms with van der Waals surface area (Å²) in [6, 6.07) is 14.3. The van der Waals surface area contributed by atoms with Gasteiger partial charge in [-0.05, 0) is 61.2 Å². The highest BCUT2D eigenvalue weighted by atomic mass is 32.2. The zero-order valence-corrected chi connectivity index (χ0v) is 19.6. The summed E-state index contributed by atoms with van der Waals surface area (Å²) in [7, 11) is -2.12. The van der Waals surface area contributed by atoms with E-state index in [0.717, 1.165) is 18.6 Å². The monoisotopic (exact) mass is 460 g/mol. The first-order valence-corrected chi connectivity index (χ1v) is 12.5. The van der Waals surface area contributed by atoms with Gasteiger partial charge in [-0.1, -0.05) is 25.5 Å². The molecule has 32 heavy (non-hydrogen) atoms. The lowest BCUT2D eigenvalue weighted by Gasteiger charge is -2.31. The molecule has 0 radical (unpaired) electrons. The summed E-state index contributed by atoms with van der Waals surface area (Å²) in [5.41, 5.74) is 1.28. The minimum atomic E-state index is -3.65. The van der Waals surface area contributed by atoms with Crippen LogP contribution in [-0.4, -0.2) is 52.0 Å². The average molecular weight is 461 g/mol. The van der Waals surface area contributed by atoms with Gasteiger partial charge < -0.3 is 14.8 Å². The van der Waals surface area contributed by atoms with Crippen LogP contribution in [0.1, 0.15) is 31.7 Å².